The van der Waals surface area contributed by atoms with Crippen LogP contribution in [0.4, 0.5) is 5.69 Å². The summed E-state index contributed by atoms with van der Waals surface area (Å²) in [6, 6.07) is 18.3. The number of hydrogen-bond acceptors (Lipinski definition) is 6. The third-order valence-electron chi connectivity index (χ3n) is 8.55. The van der Waals surface area contributed by atoms with Gasteiger partial charge in [0.2, 0.25) is 11.8 Å². The lowest BCUT2D eigenvalue weighted by molar-refractivity contribution is -0.123. The number of anilines is 1. The Labute approximate surface area is 302 Å². The molecule has 1 aliphatic heterocycles. The van der Waals surface area contributed by atoms with Gasteiger partial charge in [-0.3, -0.25) is 23.7 Å². The molecule has 0 bridgehead atoms. The Bertz CT molecular complexity index is 2110. The molecule has 2 heterocycles. The monoisotopic (exact) mass is 729 g/mol. The number of carbonyl (C=O) groups is 4. The molecule has 0 radical (unpaired) electrons. The number of nitrogens with zero attached hydrogens (tertiary/aromatic N) is 2. The van der Waals surface area contributed by atoms with Crippen molar-refractivity contribution in [2.75, 3.05) is 11.9 Å². The largest absolute Gasteiger partial charge is 0.356 e. The minimum absolute atomic E-state index is 0.00817. The maximum atomic E-state index is 13.5. The van der Waals surface area contributed by atoms with Gasteiger partial charge in [-0.25, -0.2) is 0 Å². The van der Waals surface area contributed by atoms with E-state index in [2.05, 4.69) is 20.3 Å². The van der Waals surface area contributed by atoms with Gasteiger partial charge in [-0.15, -0.1) is 4.40 Å². The molecule has 0 saturated carbocycles. The van der Waals surface area contributed by atoms with Crippen LogP contribution < -0.4 is 16.0 Å². The molecule has 0 saturated heterocycles. The van der Waals surface area contributed by atoms with Crippen LogP contribution in [0.1, 0.15) is 72.1 Å². The zero-order valence-corrected chi connectivity index (χ0v) is 30.1. The van der Waals surface area contributed by atoms with Crippen molar-refractivity contribution in [3.05, 3.63) is 106 Å². The van der Waals surface area contributed by atoms with Crippen molar-refractivity contribution in [2.24, 2.45) is 4.40 Å². The van der Waals surface area contributed by atoms with Crippen LogP contribution in [0.3, 0.4) is 0 Å². The number of ketones is 1. The topological polar surface area (TPSA) is 156 Å². The minimum Gasteiger partial charge on any atom is -0.356 e. The number of unbranched alkanes of at least 4 members (excludes halogenated alkanes) is 2. The van der Waals surface area contributed by atoms with Crippen molar-refractivity contribution in [1.29, 1.82) is 0 Å². The van der Waals surface area contributed by atoms with E-state index in [1.165, 1.54) is 24.3 Å². The van der Waals surface area contributed by atoms with Crippen molar-refractivity contribution >= 4 is 67.6 Å². The normalized spacial score (nSPS) is 13.4. The van der Waals surface area contributed by atoms with Gasteiger partial charge in [0, 0.05) is 59.6 Å². The summed E-state index contributed by atoms with van der Waals surface area (Å²) in [5.41, 5.74) is 4.20. The number of aromatic nitrogens is 1. The zero-order valence-electron chi connectivity index (χ0n) is 28.5. The molecule has 1 aliphatic rings. The predicted molar refractivity (Wildman–Crippen MR) is 199 cm³/mol. The molecular weight excluding hydrogens is 690 g/mol. The van der Waals surface area contributed by atoms with E-state index in [1.54, 1.807) is 41.1 Å². The molecule has 0 spiro atoms. The lowest BCUT2D eigenvalue weighted by Gasteiger charge is -2.08. The molecule has 3 aromatic carbocycles. The molecule has 0 fully saturated rings. The average molecular weight is 730 g/mol. The number of sulfonamides is 1. The molecule has 51 heavy (non-hydrogen) atoms. The van der Waals surface area contributed by atoms with Crippen LogP contribution >= 0.6 is 11.6 Å². The fraction of sp³-hybridized carbons (Fsp3) is 0.289. The molecule has 0 unspecified atom stereocenters. The highest BCUT2D eigenvalue weighted by molar-refractivity contribution is 7.90. The standard InChI is InChI=1S/C38H40ClN5O6S/c1-25-9-19-34-33(23-25)32(26(2)44(34)38(48)27-10-12-28(39)13-11-27)24-37(47)41-21-5-3-4-7-30(45)16-20-36(46)42-29-14-17-31(18-15-29)51(49,50)43-35-8-6-22-40-35/h6,9-15,17-19,22-23H,3-5,7-8,16,20-21,24H2,1-2H3,(H,40,43)(H,41,47)(H,42,46). The summed E-state index contributed by atoms with van der Waals surface area (Å²) in [7, 11) is -3.87. The number of nitrogens with one attached hydrogen (secondary N) is 3. The second-order valence-corrected chi connectivity index (χ2v) is 14.5. The SMILES string of the molecule is Cc1ccc2c(c1)c(CC(=O)NCCCCCC(=O)CCC(=O)Nc1ccc(S(=O)(=O)N=C3CC=CN3)cc1)c(C)n2C(=O)c1ccc(Cl)cc1. The Morgan fingerprint density at radius 1 is 0.882 bits per heavy atom. The van der Waals surface area contributed by atoms with E-state index in [9.17, 15) is 27.6 Å². The van der Waals surface area contributed by atoms with Gasteiger partial charge in [-0.05, 0) is 99.1 Å². The number of aryl methyl sites for hydroxylation is 1. The van der Waals surface area contributed by atoms with E-state index in [0.717, 1.165) is 28.5 Å². The van der Waals surface area contributed by atoms with Crippen molar-refractivity contribution in [3.8, 4) is 0 Å². The van der Waals surface area contributed by atoms with Crippen molar-refractivity contribution in [1.82, 2.24) is 15.2 Å². The Morgan fingerprint density at radius 2 is 1.63 bits per heavy atom. The first-order chi connectivity index (χ1) is 24.4. The van der Waals surface area contributed by atoms with Crippen LogP contribution in [-0.4, -0.2) is 48.9 Å². The number of hydrogen-bond donors (Lipinski definition) is 3. The summed E-state index contributed by atoms with van der Waals surface area (Å²) in [4.78, 5) is 51.2. The molecule has 1 aromatic heterocycles. The van der Waals surface area contributed by atoms with Crippen LogP contribution in [0.5, 0.6) is 0 Å². The van der Waals surface area contributed by atoms with E-state index >= 15 is 0 Å². The molecule has 3 N–H and O–H groups in total. The maximum Gasteiger partial charge on any atom is 0.283 e. The number of benzene rings is 3. The number of fused-ring (bicyclic) bond motifs is 1. The summed E-state index contributed by atoms with van der Waals surface area (Å²) < 4.78 is 30.3. The number of rotatable bonds is 15. The lowest BCUT2D eigenvalue weighted by Crippen LogP contribution is -2.26. The molecule has 2 amide bonds. The molecule has 0 atom stereocenters. The summed E-state index contributed by atoms with van der Waals surface area (Å²) in [6.07, 6.45) is 6.45. The van der Waals surface area contributed by atoms with Gasteiger partial charge in [-0.1, -0.05) is 35.7 Å². The van der Waals surface area contributed by atoms with E-state index in [1.807, 2.05) is 32.0 Å². The van der Waals surface area contributed by atoms with Crippen molar-refractivity contribution in [3.63, 3.8) is 0 Å². The molecule has 11 nitrogen and oxygen atoms in total. The second kappa shape index (κ2) is 16.8. The number of Topliss-reactive ketones (excluding diaryl/α,β-unsaturated/α-hetero) is 1. The fourth-order valence-electron chi connectivity index (χ4n) is 5.84. The second-order valence-electron chi connectivity index (χ2n) is 12.4. The van der Waals surface area contributed by atoms with Gasteiger partial charge < -0.3 is 16.0 Å². The molecule has 0 aliphatic carbocycles. The minimum atomic E-state index is -3.87. The van der Waals surface area contributed by atoms with Gasteiger partial charge in [0.05, 0.1) is 16.8 Å². The Morgan fingerprint density at radius 3 is 2.33 bits per heavy atom. The highest BCUT2D eigenvalue weighted by atomic mass is 35.5. The highest BCUT2D eigenvalue weighted by Crippen LogP contribution is 2.29. The number of halogens is 1. The fourth-order valence-corrected chi connectivity index (χ4v) is 6.96. The Hall–Kier alpha value is -5.07. The zero-order chi connectivity index (χ0) is 36.5. The molecule has 266 valence electrons. The van der Waals surface area contributed by atoms with Gasteiger partial charge in [0.1, 0.15) is 11.6 Å². The van der Waals surface area contributed by atoms with Crippen molar-refractivity contribution < 1.29 is 27.6 Å². The van der Waals surface area contributed by atoms with E-state index < -0.39 is 10.0 Å². The van der Waals surface area contributed by atoms with Crippen LogP contribution in [0, 0.1) is 13.8 Å². The van der Waals surface area contributed by atoms with Gasteiger partial charge in [-0.2, -0.15) is 8.42 Å². The van der Waals surface area contributed by atoms with Crippen molar-refractivity contribution in [2.45, 2.75) is 70.1 Å². The van der Waals surface area contributed by atoms with Crippen LogP contribution in [0.25, 0.3) is 10.9 Å². The van der Waals surface area contributed by atoms with E-state index in [-0.39, 0.29) is 47.7 Å². The van der Waals surface area contributed by atoms with Gasteiger partial charge in [0.15, 0.2) is 0 Å². The third-order valence-corrected chi connectivity index (χ3v) is 10.1. The third kappa shape index (κ3) is 9.80. The van der Waals surface area contributed by atoms with E-state index in [4.69, 9.17) is 11.6 Å². The molecule has 5 rings (SSSR count). The Balaban J connectivity index is 1.02. The number of carbonyl (C=O) groups excluding carboxylic acids is 4. The maximum absolute atomic E-state index is 13.5. The molecule has 13 heteroatoms. The quantitative estimate of drug-likeness (QED) is 0.120. The summed E-state index contributed by atoms with van der Waals surface area (Å²) >= 11 is 6.02. The first kappa shape index (κ1) is 37.2. The van der Waals surface area contributed by atoms with Crippen LogP contribution in [-0.2, 0) is 30.8 Å². The summed E-state index contributed by atoms with van der Waals surface area (Å²) in [6.45, 7) is 4.28. The first-order valence-electron chi connectivity index (χ1n) is 16.8. The van der Waals surface area contributed by atoms with Gasteiger partial charge in [0.25, 0.3) is 15.9 Å². The predicted octanol–water partition coefficient (Wildman–Crippen LogP) is 6.40. The summed E-state index contributed by atoms with van der Waals surface area (Å²) in [5, 5.41) is 9.82. The summed E-state index contributed by atoms with van der Waals surface area (Å²) in [5.74, 6) is -0.371. The van der Waals surface area contributed by atoms with Crippen LogP contribution in [0.15, 0.2) is 88.3 Å². The molecular formula is C38H40ClN5O6S. The number of amides is 2. The number of amidine groups is 1. The first-order valence-corrected chi connectivity index (χ1v) is 18.6. The average Bonchev–Trinajstić information content (AvgIpc) is 3.70. The highest BCUT2D eigenvalue weighted by Gasteiger charge is 2.22. The lowest BCUT2D eigenvalue weighted by atomic mass is 10.1. The van der Waals surface area contributed by atoms with Crippen LogP contribution in [0.2, 0.25) is 5.02 Å². The smallest absolute Gasteiger partial charge is 0.283 e. The molecule has 4 aromatic rings. The Kier molecular flexibility index (Phi) is 12.2. The van der Waals surface area contributed by atoms with Gasteiger partial charge >= 0.3 is 0 Å². The van der Waals surface area contributed by atoms with E-state index in [0.29, 0.717) is 60.0 Å².